The van der Waals surface area contributed by atoms with Crippen LogP contribution >= 0.6 is 11.3 Å². The summed E-state index contributed by atoms with van der Waals surface area (Å²) in [6.45, 7) is 4.57. The summed E-state index contributed by atoms with van der Waals surface area (Å²) in [4.78, 5) is 24.4. The average molecular weight is 360 g/mol. The minimum Gasteiger partial charge on any atom is -0.494 e. The van der Waals surface area contributed by atoms with Crippen LogP contribution in [0, 0.1) is 6.92 Å². The molecule has 2 rings (SSSR count). The molecule has 0 aliphatic carbocycles. The van der Waals surface area contributed by atoms with Gasteiger partial charge in [-0.1, -0.05) is 18.2 Å². The first kappa shape index (κ1) is 19.0. The van der Waals surface area contributed by atoms with E-state index in [0.717, 1.165) is 22.6 Å². The number of hydrogen-bond acceptors (Lipinski definition) is 4. The number of ether oxygens (including phenoxy) is 1. The van der Waals surface area contributed by atoms with E-state index in [2.05, 4.69) is 10.6 Å². The smallest absolute Gasteiger partial charge is 0.222 e. The van der Waals surface area contributed by atoms with E-state index >= 15 is 0 Å². The van der Waals surface area contributed by atoms with E-state index in [-0.39, 0.29) is 24.3 Å². The van der Waals surface area contributed by atoms with E-state index in [9.17, 15) is 9.59 Å². The quantitative estimate of drug-likeness (QED) is 0.675. The highest BCUT2D eigenvalue weighted by Gasteiger charge is 2.17. The van der Waals surface area contributed by atoms with Gasteiger partial charge >= 0.3 is 0 Å². The molecular weight excluding hydrogens is 336 g/mol. The lowest BCUT2D eigenvalue weighted by Crippen LogP contribution is -2.33. The molecule has 0 aliphatic rings. The maximum absolute atomic E-state index is 12.1. The number of carbonyl (C=O) groups is 2. The molecule has 25 heavy (non-hydrogen) atoms. The van der Waals surface area contributed by atoms with Crippen molar-refractivity contribution in [3.05, 3.63) is 52.2 Å². The molecule has 0 aliphatic heterocycles. The molecule has 0 spiro atoms. The Kier molecular flexibility index (Phi) is 7.47. The lowest BCUT2D eigenvalue weighted by molar-refractivity contribution is -0.122. The van der Waals surface area contributed by atoms with Crippen molar-refractivity contribution in [2.45, 2.75) is 32.7 Å². The summed E-state index contributed by atoms with van der Waals surface area (Å²) in [6.07, 6.45) is 0.961. The molecule has 2 aromatic rings. The van der Waals surface area contributed by atoms with Gasteiger partial charge in [0.15, 0.2) is 0 Å². The fourth-order valence-corrected chi connectivity index (χ4v) is 3.19. The number of thiophene rings is 1. The van der Waals surface area contributed by atoms with Crippen LogP contribution in [0.15, 0.2) is 41.8 Å². The molecule has 134 valence electrons. The standard InChI is InChI=1S/C19H24N2O3S/c1-14-6-3-7-16(12-14)24-10-5-9-20-19(23)13-17(21-15(2)22)18-8-4-11-25-18/h3-4,6-8,11-12,17H,5,9-10,13H2,1-2H3,(H,20,23)(H,21,22). The molecule has 0 radical (unpaired) electrons. The second-order valence-corrected chi connectivity index (χ2v) is 6.82. The minimum absolute atomic E-state index is 0.0808. The van der Waals surface area contributed by atoms with Crippen molar-refractivity contribution < 1.29 is 14.3 Å². The zero-order valence-corrected chi connectivity index (χ0v) is 15.4. The Morgan fingerprint density at radius 1 is 1.24 bits per heavy atom. The van der Waals surface area contributed by atoms with Gasteiger partial charge in [-0.3, -0.25) is 9.59 Å². The van der Waals surface area contributed by atoms with Crippen LogP contribution in [0.1, 0.15) is 36.2 Å². The number of carbonyl (C=O) groups excluding carboxylic acids is 2. The van der Waals surface area contributed by atoms with Crippen LogP contribution in [0.3, 0.4) is 0 Å². The number of nitrogens with one attached hydrogen (secondary N) is 2. The van der Waals surface area contributed by atoms with Crippen molar-refractivity contribution in [3.8, 4) is 5.75 Å². The van der Waals surface area contributed by atoms with Crippen molar-refractivity contribution in [2.75, 3.05) is 13.2 Å². The maximum atomic E-state index is 12.1. The monoisotopic (exact) mass is 360 g/mol. The molecule has 0 saturated heterocycles. The number of amides is 2. The Morgan fingerprint density at radius 2 is 2.08 bits per heavy atom. The highest BCUT2D eigenvalue weighted by atomic mass is 32.1. The molecule has 2 amide bonds. The number of hydrogen-bond donors (Lipinski definition) is 2. The lowest BCUT2D eigenvalue weighted by Gasteiger charge is -2.16. The molecule has 1 atom stereocenters. The molecule has 0 bridgehead atoms. The molecule has 2 N–H and O–H groups in total. The van der Waals surface area contributed by atoms with Crippen LogP contribution in [0.4, 0.5) is 0 Å². The normalized spacial score (nSPS) is 11.6. The van der Waals surface area contributed by atoms with E-state index in [4.69, 9.17) is 4.74 Å². The topological polar surface area (TPSA) is 67.4 Å². The van der Waals surface area contributed by atoms with Crippen molar-refractivity contribution in [1.29, 1.82) is 0 Å². The SMILES string of the molecule is CC(=O)NC(CC(=O)NCCCOc1cccc(C)c1)c1cccs1. The Hall–Kier alpha value is -2.34. The average Bonchev–Trinajstić information content (AvgIpc) is 3.08. The first-order valence-electron chi connectivity index (χ1n) is 8.31. The van der Waals surface area contributed by atoms with Crippen LogP contribution in [-0.4, -0.2) is 25.0 Å². The third-order valence-electron chi connectivity index (χ3n) is 3.56. The third kappa shape index (κ3) is 6.97. The van der Waals surface area contributed by atoms with Gasteiger partial charge in [-0.2, -0.15) is 0 Å². The predicted octanol–water partition coefficient (Wildman–Crippen LogP) is 3.21. The van der Waals surface area contributed by atoms with E-state index in [0.29, 0.717) is 13.2 Å². The summed E-state index contributed by atoms with van der Waals surface area (Å²) in [5.74, 6) is 0.621. The molecule has 0 saturated carbocycles. The second-order valence-electron chi connectivity index (χ2n) is 5.84. The van der Waals surface area contributed by atoms with Gasteiger partial charge < -0.3 is 15.4 Å². The van der Waals surface area contributed by atoms with Gasteiger partial charge in [0, 0.05) is 18.3 Å². The van der Waals surface area contributed by atoms with Crippen LogP contribution in [0.5, 0.6) is 5.75 Å². The Morgan fingerprint density at radius 3 is 2.76 bits per heavy atom. The Labute approximate surface area is 152 Å². The predicted molar refractivity (Wildman–Crippen MR) is 99.8 cm³/mol. The van der Waals surface area contributed by atoms with Gasteiger partial charge in [0.05, 0.1) is 19.1 Å². The fraction of sp³-hybridized carbons (Fsp3) is 0.368. The Balaban J connectivity index is 1.69. The summed E-state index contributed by atoms with van der Waals surface area (Å²) < 4.78 is 5.65. The summed E-state index contributed by atoms with van der Waals surface area (Å²) in [6, 6.07) is 11.4. The number of rotatable bonds is 9. The fourth-order valence-electron chi connectivity index (χ4n) is 2.41. The maximum Gasteiger partial charge on any atom is 0.222 e. The highest BCUT2D eigenvalue weighted by molar-refractivity contribution is 7.10. The summed E-state index contributed by atoms with van der Waals surface area (Å²) in [7, 11) is 0. The first-order valence-corrected chi connectivity index (χ1v) is 9.19. The van der Waals surface area contributed by atoms with Crippen molar-refractivity contribution >= 4 is 23.2 Å². The lowest BCUT2D eigenvalue weighted by atomic mass is 10.1. The molecule has 5 nitrogen and oxygen atoms in total. The second kappa shape index (κ2) is 9.84. The largest absolute Gasteiger partial charge is 0.494 e. The van der Waals surface area contributed by atoms with E-state index in [1.807, 2.05) is 48.7 Å². The molecule has 1 aromatic heterocycles. The molecular formula is C19H24N2O3S. The first-order chi connectivity index (χ1) is 12.0. The number of benzene rings is 1. The Bertz CT molecular complexity index is 686. The molecule has 6 heteroatoms. The van der Waals surface area contributed by atoms with Gasteiger partial charge in [0.25, 0.3) is 0 Å². The summed E-state index contributed by atoms with van der Waals surface area (Å²) in [5.41, 5.74) is 1.16. The van der Waals surface area contributed by atoms with Crippen LogP contribution in [0.25, 0.3) is 0 Å². The van der Waals surface area contributed by atoms with E-state index < -0.39 is 0 Å². The summed E-state index contributed by atoms with van der Waals surface area (Å²) in [5, 5.41) is 7.64. The molecule has 1 heterocycles. The zero-order chi connectivity index (χ0) is 18.1. The zero-order valence-electron chi connectivity index (χ0n) is 14.6. The van der Waals surface area contributed by atoms with Crippen LogP contribution in [-0.2, 0) is 9.59 Å². The van der Waals surface area contributed by atoms with Gasteiger partial charge in [0.1, 0.15) is 5.75 Å². The third-order valence-corrected chi connectivity index (χ3v) is 4.54. The van der Waals surface area contributed by atoms with Crippen molar-refractivity contribution in [2.24, 2.45) is 0 Å². The van der Waals surface area contributed by atoms with Crippen molar-refractivity contribution in [3.63, 3.8) is 0 Å². The van der Waals surface area contributed by atoms with Crippen molar-refractivity contribution in [1.82, 2.24) is 10.6 Å². The number of aryl methyl sites for hydroxylation is 1. The van der Waals surface area contributed by atoms with Crippen LogP contribution < -0.4 is 15.4 Å². The van der Waals surface area contributed by atoms with E-state index in [1.54, 1.807) is 0 Å². The summed E-state index contributed by atoms with van der Waals surface area (Å²) >= 11 is 1.53. The van der Waals surface area contributed by atoms with Crippen LogP contribution in [0.2, 0.25) is 0 Å². The van der Waals surface area contributed by atoms with Gasteiger partial charge in [0.2, 0.25) is 11.8 Å². The minimum atomic E-state index is -0.277. The van der Waals surface area contributed by atoms with Gasteiger partial charge in [-0.15, -0.1) is 11.3 Å². The molecule has 1 unspecified atom stereocenters. The van der Waals surface area contributed by atoms with Gasteiger partial charge in [-0.25, -0.2) is 0 Å². The molecule has 1 aromatic carbocycles. The van der Waals surface area contributed by atoms with E-state index in [1.165, 1.54) is 18.3 Å². The molecule has 0 fully saturated rings. The van der Waals surface area contributed by atoms with Gasteiger partial charge in [-0.05, 0) is 42.5 Å². The highest BCUT2D eigenvalue weighted by Crippen LogP contribution is 2.21.